The van der Waals surface area contributed by atoms with E-state index in [1.165, 1.54) is 0 Å². The van der Waals surface area contributed by atoms with Gasteiger partial charge in [-0.1, -0.05) is 46.9 Å². The summed E-state index contributed by atoms with van der Waals surface area (Å²) in [5.74, 6) is 0.0679. The minimum atomic E-state index is -1.08. The average Bonchev–Trinajstić information content (AvgIpc) is 3.11. The SMILES string of the molecule is CC(C)(C)OC(=O)N1CC[C@@H](c2cccc3c2O[C@@](C)(c2ccc(Cl)cn2)O3)C2C1C2(Cl)Cl. The van der Waals surface area contributed by atoms with Crippen molar-refractivity contribution in [1.82, 2.24) is 9.88 Å². The van der Waals surface area contributed by atoms with Crippen LogP contribution < -0.4 is 9.47 Å². The number of carbonyl (C=O) groups is 1. The molecule has 0 bridgehead atoms. The maximum absolute atomic E-state index is 12.8. The molecule has 6 nitrogen and oxygen atoms in total. The highest BCUT2D eigenvalue weighted by molar-refractivity contribution is 6.52. The number of fused-ring (bicyclic) bond motifs is 2. The van der Waals surface area contributed by atoms with Crippen LogP contribution in [0.25, 0.3) is 0 Å². The molecule has 3 heterocycles. The monoisotopic (exact) mass is 510 g/mol. The Labute approximate surface area is 208 Å². The molecular weight excluding hydrogens is 487 g/mol. The topological polar surface area (TPSA) is 60.9 Å². The zero-order chi connectivity index (χ0) is 23.8. The maximum Gasteiger partial charge on any atom is 0.410 e. The van der Waals surface area contributed by atoms with E-state index in [2.05, 4.69) is 4.98 Å². The van der Waals surface area contributed by atoms with Crippen LogP contribution in [-0.2, 0) is 10.5 Å². The maximum atomic E-state index is 12.8. The van der Waals surface area contributed by atoms with Crippen molar-refractivity contribution in [3.8, 4) is 11.5 Å². The van der Waals surface area contributed by atoms with E-state index in [1.807, 2.05) is 45.9 Å². The van der Waals surface area contributed by atoms with Gasteiger partial charge >= 0.3 is 6.09 Å². The van der Waals surface area contributed by atoms with Gasteiger partial charge in [0, 0.05) is 31.1 Å². The fourth-order valence-corrected chi connectivity index (χ4v) is 5.92. The smallest absolute Gasteiger partial charge is 0.410 e. The molecule has 1 amide bonds. The third kappa shape index (κ3) is 3.90. The molecule has 4 atom stereocenters. The molecule has 176 valence electrons. The first-order valence-corrected chi connectivity index (χ1v) is 12.0. The number of ether oxygens (including phenoxy) is 3. The van der Waals surface area contributed by atoms with Gasteiger partial charge in [0.05, 0.1) is 11.1 Å². The number of alkyl halides is 2. The predicted octanol–water partition coefficient (Wildman–Crippen LogP) is 6.28. The number of para-hydroxylation sites is 1. The summed E-state index contributed by atoms with van der Waals surface area (Å²) in [7, 11) is 0. The van der Waals surface area contributed by atoms with Crippen LogP contribution in [-0.4, -0.2) is 38.5 Å². The van der Waals surface area contributed by atoms with Gasteiger partial charge in [-0.2, -0.15) is 0 Å². The first kappa shape index (κ1) is 22.9. The fraction of sp³-hybridized carbons (Fsp3) is 0.500. The molecule has 2 aromatic rings. The number of aromatic nitrogens is 1. The van der Waals surface area contributed by atoms with Crippen molar-refractivity contribution < 1.29 is 19.0 Å². The van der Waals surface area contributed by atoms with Gasteiger partial charge in [-0.25, -0.2) is 4.79 Å². The highest BCUT2D eigenvalue weighted by Gasteiger charge is 2.72. The third-order valence-corrected chi connectivity index (χ3v) is 7.53. The molecule has 3 aliphatic rings. The van der Waals surface area contributed by atoms with E-state index in [-0.39, 0.29) is 17.9 Å². The number of hydrogen-bond acceptors (Lipinski definition) is 5. The van der Waals surface area contributed by atoms with Gasteiger partial charge in [0.2, 0.25) is 0 Å². The predicted molar refractivity (Wildman–Crippen MR) is 126 cm³/mol. The van der Waals surface area contributed by atoms with Crippen molar-refractivity contribution in [2.75, 3.05) is 6.54 Å². The minimum Gasteiger partial charge on any atom is -0.444 e. The van der Waals surface area contributed by atoms with Crippen LogP contribution in [0.4, 0.5) is 4.79 Å². The number of amides is 1. The Morgan fingerprint density at radius 1 is 1.21 bits per heavy atom. The van der Waals surface area contributed by atoms with Crippen LogP contribution in [0.2, 0.25) is 5.02 Å². The molecule has 33 heavy (non-hydrogen) atoms. The Kier molecular flexibility index (Phi) is 5.24. The van der Waals surface area contributed by atoms with Gasteiger partial charge in [-0.3, -0.25) is 4.98 Å². The van der Waals surface area contributed by atoms with Gasteiger partial charge in [-0.05, 0) is 51.3 Å². The number of nitrogens with zero attached hydrogens (tertiary/aromatic N) is 2. The van der Waals surface area contributed by atoms with E-state index >= 15 is 0 Å². The summed E-state index contributed by atoms with van der Waals surface area (Å²) in [5, 5.41) is 0.538. The molecular formula is C24H25Cl3N2O4. The number of likely N-dealkylation sites (tertiary alicyclic amines) is 1. The largest absolute Gasteiger partial charge is 0.444 e. The second-order valence-electron chi connectivity index (χ2n) is 9.90. The molecule has 0 N–H and O–H groups in total. The summed E-state index contributed by atoms with van der Waals surface area (Å²) in [6.07, 6.45) is 1.85. The standard InChI is InChI=1S/C24H25Cl3N2O4/c1-22(2,3)33-21(30)29-11-10-14(18-20(29)24(18,26)27)15-6-5-7-16-19(15)32-23(4,31-16)17-9-8-13(25)12-28-17/h5-9,12,14,18,20H,10-11H2,1-4H3/t14-,18?,20?,23-/m0/s1. The fourth-order valence-electron chi connectivity index (χ4n) is 4.88. The number of halogens is 3. The number of piperidine rings is 1. The quantitative estimate of drug-likeness (QED) is 0.444. The Hall–Kier alpha value is -1.89. The van der Waals surface area contributed by atoms with Crippen molar-refractivity contribution in [2.45, 2.75) is 61.8 Å². The lowest BCUT2D eigenvalue weighted by molar-refractivity contribution is -0.0722. The lowest BCUT2D eigenvalue weighted by Gasteiger charge is -2.33. The van der Waals surface area contributed by atoms with E-state index in [0.29, 0.717) is 35.2 Å². The van der Waals surface area contributed by atoms with Crippen LogP contribution in [0, 0.1) is 5.92 Å². The van der Waals surface area contributed by atoms with Gasteiger partial charge in [0.25, 0.3) is 5.79 Å². The summed E-state index contributed by atoms with van der Waals surface area (Å²) >= 11 is 19.4. The lowest BCUT2D eigenvalue weighted by Crippen LogP contribution is -2.43. The van der Waals surface area contributed by atoms with Gasteiger partial charge < -0.3 is 19.1 Å². The zero-order valence-electron chi connectivity index (χ0n) is 18.8. The molecule has 0 spiro atoms. The average molecular weight is 512 g/mol. The molecule has 9 heteroatoms. The first-order valence-electron chi connectivity index (χ1n) is 10.9. The summed E-state index contributed by atoms with van der Waals surface area (Å²) in [6.45, 7) is 7.84. The molecule has 2 unspecified atom stereocenters. The first-order chi connectivity index (χ1) is 15.4. The number of carbonyl (C=O) groups excluding carboxylic acids is 1. The Morgan fingerprint density at radius 2 is 1.97 bits per heavy atom. The Bertz CT molecular complexity index is 1100. The summed E-state index contributed by atoms with van der Waals surface area (Å²) < 4.78 is 17.1. The van der Waals surface area contributed by atoms with E-state index in [1.54, 1.807) is 23.2 Å². The van der Waals surface area contributed by atoms with Crippen LogP contribution >= 0.6 is 34.8 Å². The number of hydrogen-bond donors (Lipinski definition) is 0. The number of rotatable bonds is 2. The van der Waals surface area contributed by atoms with Crippen LogP contribution in [0.1, 0.15) is 51.3 Å². The van der Waals surface area contributed by atoms with E-state index in [4.69, 9.17) is 49.0 Å². The third-order valence-electron chi connectivity index (χ3n) is 6.35. The highest BCUT2D eigenvalue weighted by Crippen LogP contribution is 2.66. The molecule has 2 aliphatic heterocycles. The summed E-state index contributed by atoms with van der Waals surface area (Å²) in [5.41, 5.74) is 0.986. The molecule has 1 aromatic carbocycles. The molecule has 2 fully saturated rings. The number of pyridine rings is 1. The minimum absolute atomic E-state index is 0.00256. The van der Waals surface area contributed by atoms with E-state index in [0.717, 1.165) is 5.56 Å². The molecule has 1 saturated carbocycles. The molecule has 0 radical (unpaired) electrons. The normalized spacial score (nSPS) is 29.4. The molecule has 1 aromatic heterocycles. The van der Waals surface area contributed by atoms with Crippen molar-refractivity contribution in [2.24, 2.45) is 5.92 Å². The van der Waals surface area contributed by atoms with Crippen molar-refractivity contribution in [1.29, 1.82) is 0 Å². The molecule has 1 saturated heterocycles. The zero-order valence-corrected chi connectivity index (χ0v) is 21.0. The number of benzene rings is 1. The lowest BCUT2D eigenvalue weighted by atomic mass is 9.87. The van der Waals surface area contributed by atoms with Crippen LogP contribution in [0.15, 0.2) is 36.5 Å². The van der Waals surface area contributed by atoms with Gasteiger partial charge in [0.1, 0.15) is 15.6 Å². The Balaban J connectivity index is 1.42. The second-order valence-corrected chi connectivity index (χ2v) is 11.8. The summed E-state index contributed by atoms with van der Waals surface area (Å²) in [6, 6.07) is 9.03. The van der Waals surface area contributed by atoms with E-state index < -0.39 is 21.8 Å². The van der Waals surface area contributed by atoms with Gasteiger partial charge in [-0.15, -0.1) is 0 Å². The highest BCUT2D eigenvalue weighted by atomic mass is 35.5. The molecule has 1 aliphatic carbocycles. The van der Waals surface area contributed by atoms with E-state index in [9.17, 15) is 4.79 Å². The Morgan fingerprint density at radius 3 is 2.64 bits per heavy atom. The van der Waals surface area contributed by atoms with Gasteiger partial charge in [0.15, 0.2) is 11.5 Å². The van der Waals surface area contributed by atoms with Crippen molar-refractivity contribution in [3.05, 3.63) is 52.8 Å². The summed E-state index contributed by atoms with van der Waals surface area (Å²) in [4.78, 5) is 18.8. The van der Waals surface area contributed by atoms with Crippen molar-refractivity contribution >= 4 is 40.9 Å². The van der Waals surface area contributed by atoms with Crippen LogP contribution in [0.3, 0.4) is 0 Å². The second kappa shape index (κ2) is 7.56. The molecule has 5 rings (SSSR count). The van der Waals surface area contributed by atoms with Crippen LogP contribution in [0.5, 0.6) is 11.5 Å². The van der Waals surface area contributed by atoms with Crippen molar-refractivity contribution in [3.63, 3.8) is 0 Å².